The fourth-order valence-corrected chi connectivity index (χ4v) is 10.3. The number of Topliss-reactive ketones (excluding diaryl/α,β-unsaturated/α-hetero) is 1. The standard InChI is InChI=1S/C35H47F3O5/c1-20(9-8-12-29(42-21(2)39)23-10-6-7-11-28(23)36)24-13-14-25-31-26(15-17-33(24,25)4)34(5)18-16-30(43-22(3)40)32(41)27(34)19-35(31,37)38/h6-7,10-11,20,24-27,29-31H,8-9,12-19H2,1-5H3/t20-,24-,25+,26+,27+,29?,30+,31+,33-,34-/m1/s1. The maximum atomic E-state index is 16.2. The van der Waals surface area contributed by atoms with Crippen LogP contribution in [0.4, 0.5) is 13.2 Å². The van der Waals surface area contributed by atoms with E-state index in [-0.39, 0.29) is 29.0 Å². The zero-order valence-corrected chi connectivity index (χ0v) is 26.2. The van der Waals surface area contributed by atoms with Crippen LogP contribution >= 0.6 is 0 Å². The Morgan fingerprint density at radius 1 is 0.953 bits per heavy atom. The third-order valence-electron chi connectivity index (χ3n) is 12.2. The number of hydrogen-bond donors (Lipinski definition) is 0. The van der Waals surface area contributed by atoms with Crippen molar-refractivity contribution in [1.29, 1.82) is 0 Å². The topological polar surface area (TPSA) is 69.7 Å². The molecule has 1 aromatic rings. The summed E-state index contributed by atoms with van der Waals surface area (Å²) in [4.78, 5) is 36.7. The van der Waals surface area contributed by atoms with Crippen molar-refractivity contribution in [3.8, 4) is 0 Å². The lowest BCUT2D eigenvalue weighted by atomic mass is 9.43. The maximum absolute atomic E-state index is 16.2. The molecule has 8 heteroatoms. The van der Waals surface area contributed by atoms with Gasteiger partial charge in [0.25, 0.3) is 5.92 Å². The van der Waals surface area contributed by atoms with E-state index in [1.807, 2.05) is 6.92 Å². The number of hydrogen-bond acceptors (Lipinski definition) is 5. The lowest BCUT2D eigenvalue weighted by Crippen LogP contribution is -2.63. The second kappa shape index (κ2) is 11.8. The second-order valence-corrected chi connectivity index (χ2v) is 14.6. The van der Waals surface area contributed by atoms with Gasteiger partial charge < -0.3 is 9.47 Å². The van der Waals surface area contributed by atoms with Gasteiger partial charge in [-0.25, -0.2) is 13.2 Å². The molecule has 0 aromatic heterocycles. The van der Waals surface area contributed by atoms with E-state index in [0.29, 0.717) is 37.2 Å². The number of fused-ring (bicyclic) bond motifs is 5. The Labute approximate surface area is 253 Å². The number of ether oxygens (including phenoxy) is 2. The summed E-state index contributed by atoms with van der Waals surface area (Å²) in [6, 6.07) is 6.37. The molecule has 4 saturated carbocycles. The molecule has 0 spiro atoms. The van der Waals surface area contributed by atoms with Gasteiger partial charge >= 0.3 is 11.9 Å². The maximum Gasteiger partial charge on any atom is 0.303 e. The van der Waals surface area contributed by atoms with Crippen molar-refractivity contribution in [2.24, 2.45) is 46.3 Å². The van der Waals surface area contributed by atoms with Crippen molar-refractivity contribution in [2.75, 3.05) is 0 Å². The first kappa shape index (κ1) is 32.0. The molecule has 1 unspecified atom stereocenters. The fourth-order valence-electron chi connectivity index (χ4n) is 10.3. The van der Waals surface area contributed by atoms with E-state index in [0.717, 1.165) is 32.1 Å². The largest absolute Gasteiger partial charge is 0.458 e. The highest BCUT2D eigenvalue weighted by atomic mass is 19.3. The summed E-state index contributed by atoms with van der Waals surface area (Å²) in [5.41, 5.74) is -0.348. The van der Waals surface area contributed by atoms with E-state index >= 15 is 8.78 Å². The highest BCUT2D eigenvalue weighted by molar-refractivity contribution is 5.89. The van der Waals surface area contributed by atoms with Crippen molar-refractivity contribution in [3.05, 3.63) is 35.6 Å². The van der Waals surface area contributed by atoms with E-state index in [9.17, 15) is 18.8 Å². The molecule has 0 N–H and O–H groups in total. The number of benzene rings is 1. The molecule has 238 valence electrons. The van der Waals surface area contributed by atoms with Crippen molar-refractivity contribution in [1.82, 2.24) is 0 Å². The molecule has 4 fully saturated rings. The average Bonchev–Trinajstić information content (AvgIpc) is 3.28. The fraction of sp³-hybridized carbons (Fsp3) is 0.743. The first-order chi connectivity index (χ1) is 20.2. The van der Waals surface area contributed by atoms with Crippen LogP contribution < -0.4 is 0 Å². The molecule has 0 radical (unpaired) electrons. The lowest BCUT2D eigenvalue weighted by Gasteiger charge is -2.62. The minimum atomic E-state index is -2.95. The summed E-state index contributed by atoms with van der Waals surface area (Å²) in [7, 11) is 0. The highest BCUT2D eigenvalue weighted by Gasteiger charge is 2.69. The van der Waals surface area contributed by atoms with Gasteiger partial charge in [-0.1, -0.05) is 45.4 Å². The third-order valence-corrected chi connectivity index (χ3v) is 12.2. The predicted molar refractivity (Wildman–Crippen MR) is 155 cm³/mol. The highest BCUT2D eigenvalue weighted by Crippen LogP contribution is 2.71. The molecule has 0 aliphatic heterocycles. The summed E-state index contributed by atoms with van der Waals surface area (Å²) < 4.78 is 57.7. The van der Waals surface area contributed by atoms with E-state index < -0.39 is 59.6 Å². The summed E-state index contributed by atoms with van der Waals surface area (Å²) in [5, 5.41) is 0. The van der Waals surface area contributed by atoms with E-state index in [1.165, 1.54) is 19.9 Å². The van der Waals surface area contributed by atoms with Crippen molar-refractivity contribution in [2.45, 2.75) is 117 Å². The molecule has 1 aromatic carbocycles. The molecule has 0 amide bonds. The number of ketones is 1. The predicted octanol–water partition coefficient (Wildman–Crippen LogP) is 8.25. The van der Waals surface area contributed by atoms with Gasteiger partial charge in [-0.3, -0.25) is 14.4 Å². The number of esters is 2. The zero-order chi connectivity index (χ0) is 31.3. The van der Waals surface area contributed by atoms with Crippen molar-refractivity contribution >= 4 is 17.7 Å². The van der Waals surface area contributed by atoms with Gasteiger partial charge in [-0.05, 0) is 91.9 Å². The Bertz CT molecular complexity index is 1230. The van der Waals surface area contributed by atoms with Gasteiger partial charge in [0.1, 0.15) is 11.9 Å². The molecule has 4 aliphatic rings. The van der Waals surface area contributed by atoms with Gasteiger partial charge in [0.05, 0.1) is 0 Å². The van der Waals surface area contributed by atoms with Crippen LogP contribution in [-0.2, 0) is 23.9 Å². The van der Waals surface area contributed by atoms with Crippen LogP contribution in [0.3, 0.4) is 0 Å². The Morgan fingerprint density at radius 3 is 2.30 bits per heavy atom. The molecule has 0 heterocycles. The van der Waals surface area contributed by atoms with Crippen LogP contribution in [0.15, 0.2) is 24.3 Å². The number of carbonyl (C=O) groups excluding carboxylic acids is 3. The minimum absolute atomic E-state index is 0.111. The first-order valence-corrected chi connectivity index (χ1v) is 16.2. The zero-order valence-electron chi connectivity index (χ0n) is 26.2. The average molecular weight is 605 g/mol. The van der Waals surface area contributed by atoms with Crippen LogP contribution in [0.25, 0.3) is 0 Å². The Balaban J connectivity index is 1.28. The van der Waals surface area contributed by atoms with Crippen LogP contribution in [0.5, 0.6) is 0 Å². The van der Waals surface area contributed by atoms with E-state index in [1.54, 1.807) is 18.2 Å². The molecule has 0 bridgehead atoms. The number of halogens is 3. The Hall–Kier alpha value is -2.38. The molecule has 43 heavy (non-hydrogen) atoms. The normalized spacial score (nSPS) is 37.8. The van der Waals surface area contributed by atoms with E-state index in [4.69, 9.17) is 9.47 Å². The Morgan fingerprint density at radius 2 is 1.63 bits per heavy atom. The molecule has 4 aliphatic carbocycles. The van der Waals surface area contributed by atoms with Crippen LogP contribution in [-0.4, -0.2) is 29.7 Å². The van der Waals surface area contributed by atoms with Gasteiger partial charge in [0.2, 0.25) is 0 Å². The summed E-state index contributed by atoms with van der Waals surface area (Å²) in [5.74, 6) is -5.98. The minimum Gasteiger partial charge on any atom is -0.458 e. The number of carbonyl (C=O) groups is 3. The van der Waals surface area contributed by atoms with Crippen molar-refractivity contribution in [3.63, 3.8) is 0 Å². The molecule has 5 rings (SSSR count). The SMILES string of the molecule is CC(=O)OC(CCC[C@@H](C)[C@H]1CC[C@H]2[C@H]3[C@H](CC[C@]12C)[C@@]1(C)CC[C@H](OC(C)=O)C(=O)[C@@H]1CC3(F)F)c1ccccc1F. The van der Waals surface area contributed by atoms with Crippen LogP contribution in [0.1, 0.15) is 110 Å². The van der Waals surface area contributed by atoms with E-state index in [2.05, 4.69) is 13.8 Å². The number of rotatable bonds is 8. The molecular weight excluding hydrogens is 557 g/mol. The molecule has 0 saturated heterocycles. The quantitative estimate of drug-likeness (QED) is 0.280. The van der Waals surface area contributed by atoms with Gasteiger partial charge in [0.15, 0.2) is 11.9 Å². The summed E-state index contributed by atoms with van der Waals surface area (Å²) in [6.07, 6.45) is 4.28. The Kier molecular flexibility index (Phi) is 8.83. The summed E-state index contributed by atoms with van der Waals surface area (Å²) >= 11 is 0. The van der Waals surface area contributed by atoms with Gasteiger partial charge in [-0.2, -0.15) is 0 Å². The third kappa shape index (κ3) is 5.77. The van der Waals surface area contributed by atoms with Crippen molar-refractivity contribution < 1.29 is 37.0 Å². The van der Waals surface area contributed by atoms with Gasteiger partial charge in [0, 0.05) is 37.7 Å². The lowest BCUT2D eigenvalue weighted by molar-refractivity contribution is -0.234. The molecule has 5 nitrogen and oxygen atoms in total. The second-order valence-electron chi connectivity index (χ2n) is 14.6. The molecular formula is C35H47F3O5. The summed E-state index contributed by atoms with van der Waals surface area (Å²) in [6.45, 7) is 9.06. The van der Waals surface area contributed by atoms with Crippen LogP contribution in [0.2, 0.25) is 0 Å². The molecule has 10 atom stereocenters. The van der Waals surface area contributed by atoms with Gasteiger partial charge in [-0.15, -0.1) is 0 Å². The van der Waals surface area contributed by atoms with Crippen LogP contribution in [0, 0.1) is 52.2 Å². The number of alkyl halides is 2. The first-order valence-electron chi connectivity index (χ1n) is 16.2. The smallest absolute Gasteiger partial charge is 0.303 e. The monoisotopic (exact) mass is 604 g/mol.